The van der Waals surface area contributed by atoms with E-state index in [9.17, 15) is 34.2 Å². The predicted octanol–water partition coefficient (Wildman–Crippen LogP) is 0.238. The normalized spacial score (nSPS) is 17.0. The second kappa shape index (κ2) is 13.9. The van der Waals surface area contributed by atoms with E-state index < -0.39 is 54.3 Å². The van der Waals surface area contributed by atoms with Crippen molar-refractivity contribution in [2.75, 3.05) is 6.54 Å². The quantitative estimate of drug-likeness (QED) is 0.216. The largest absolute Gasteiger partial charge is 0.481 e. The van der Waals surface area contributed by atoms with Gasteiger partial charge >= 0.3 is 11.9 Å². The van der Waals surface area contributed by atoms with Crippen molar-refractivity contribution >= 4 is 29.7 Å². The molecule has 202 valence electrons. The molecule has 1 aliphatic rings. The highest BCUT2D eigenvalue weighted by Crippen LogP contribution is 2.09. The lowest BCUT2D eigenvalue weighted by Crippen LogP contribution is -2.58. The second-order valence-corrected chi connectivity index (χ2v) is 9.15. The zero-order valence-corrected chi connectivity index (χ0v) is 20.8. The van der Waals surface area contributed by atoms with E-state index in [2.05, 4.69) is 21.3 Å². The van der Waals surface area contributed by atoms with E-state index in [1.807, 2.05) is 0 Å². The van der Waals surface area contributed by atoms with Gasteiger partial charge in [0.2, 0.25) is 17.7 Å². The number of hydrogen-bond donors (Lipinski definition) is 6. The standard InChI is InChI=1S/C27H32N4O7/c32-23(33)16-21(26(36)31-22(27(37)38)15-18-10-5-2-6-11-18)30-25(35)20(14-17-8-3-1-4-9-17)29-24(34)19-12-7-13-28-19/h1-6,8-11,19-22,28H,7,12-16H2,(H,29,34)(H,30,35)(H,31,36)(H,32,33)(H,37,38). The molecular formula is C27H32N4O7. The zero-order valence-electron chi connectivity index (χ0n) is 20.8. The maximum Gasteiger partial charge on any atom is 0.326 e. The minimum Gasteiger partial charge on any atom is -0.481 e. The molecule has 11 heteroatoms. The fourth-order valence-corrected chi connectivity index (χ4v) is 4.22. The molecule has 2 aromatic rings. The molecule has 0 aliphatic carbocycles. The van der Waals surface area contributed by atoms with Crippen molar-refractivity contribution in [2.24, 2.45) is 0 Å². The molecule has 3 amide bonds. The van der Waals surface area contributed by atoms with Gasteiger partial charge in [-0.1, -0.05) is 60.7 Å². The summed E-state index contributed by atoms with van der Waals surface area (Å²) in [5, 5.41) is 29.5. The van der Waals surface area contributed by atoms with Crippen molar-refractivity contribution in [3.05, 3.63) is 71.8 Å². The Morgan fingerprint density at radius 2 is 1.29 bits per heavy atom. The molecule has 3 rings (SSSR count). The van der Waals surface area contributed by atoms with Gasteiger partial charge in [-0.25, -0.2) is 4.79 Å². The Morgan fingerprint density at radius 3 is 1.79 bits per heavy atom. The van der Waals surface area contributed by atoms with Crippen molar-refractivity contribution in [1.29, 1.82) is 0 Å². The summed E-state index contributed by atoms with van der Waals surface area (Å²) in [7, 11) is 0. The summed E-state index contributed by atoms with van der Waals surface area (Å²) in [5.41, 5.74) is 1.41. The number of nitrogens with one attached hydrogen (secondary N) is 4. The number of carbonyl (C=O) groups excluding carboxylic acids is 3. The molecule has 1 heterocycles. The molecule has 4 unspecified atom stereocenters. The summed E-state index contributed by atoms with van der Waals surface area (Å²) in [5.74, 6) is -4.74. The Morgan fingerprint density at radius 1 is 0.763 bits per heavy atom. The first-order valence-electron chi connectivity index (χ1n) is 12.4. The fourth-order valence-electron chi connectivity index (χ4n) is 4.22. The lowest BCUT2D eigenvalue weighted by molar-refractivity contribution is -0.143. The van der Waals surface area contributed by atoms with Crippen LogP contribution in [-0.4, -0.2) is 70.6 Å². The number of aliphatic carboxylic acids is 2. The average molecular weight is 525 g/mol. The first-order valence-corrected chi connectivity index (χ1v) is 12.4. The van der Waals surface area contributed by atoms with Crippen LogP contribution in [0.5, 0.6) is 0 Å². The SMILES string of the molecule is O=C(O)CC(NC(=O)C(Cc1ccccc1)NC(=O)C1CCCN1)C(=O)NC(Cc1ccccc1)C(=O)O. The minimum absolute atomic E-state index is 0.0310. The molecule has 11 nitrogen and oxygen atoms in total. The van der Waals surface area contributed by atoms with Crippen LogP contribution in [0.2, 0.25) is 0 Å². The Bertz CT molecular complexity index is 1120. The lowest BCUT2D eigenvalue weighted by atomic mass is 10.0. The highest BCUT2D eigenvalue weighted by atomic mass is 16.4. The molecular weight excluding hydrogens is 492 g/mol. The van der Waals surface area contributed by atoms with E-state index in [1.54, 1.807) is 60.7 Å². The van der Waals surface area contributed by atoms with Crippen LogP contribution in [0.1, 0.15) is 30.4 Å². The van der Waals surface area contributed by atoms with E-state index in [1.165, 1.54) is 0 Å². The molecule has 38 heavy (non-hydrogen) atoms. The molecule has 0 aromatic heterocycles. The molecule has 0 saturated carbocycles. The van der Waals surface area contributed by atoms with Crippen LogP contribution in [-0.2, 0) is 36.8 Å². The Labute approximate surface area is 220 Å². The first kappa shape index (κ1) is 28.3. The maximum absolute atomic E-state index is 13.3. The van der Waals surface area contributed by atoms with Gasteiger partial charge in [-0.05, 0) is 30.5 Å². The van der Waals surface area contributed by atoms with Gasteiger partial charge in [-0.2, -0.15) is 0 Å². The number of carboxylic acid groups (broad SMARTS) is 2. The minimum atomic E-state index is -1.56. The molecule has 1 aliphatic heterocycles. The molecule has 1 fully saturated rings. The number of carbonyl (C=O) groups is 5. The number of hydrogen-bond acceptors (Lipinski definition) is 6. The second-order valence-electron chi connectivity index (χ2n) is 9.15. The summed E-state index contributed by atoms with van der Waals surface area (Å²) in [4.78, 5) is 62.3. The van der Waals surface area contributed by atoms with Crippen molar-refractivity contribution < 1.29 is 34.2 Å². The third kappa shape index (κ3) is 8.70. The maximum atomic E-state index is 13.3. The van der Waals surface area contributed by atoms with E-state index in [0.717, 1.165) is 12.0 Å². The van der Waals surface area contributed by atoms with Crippen LogP contribution in [0.15, 0.2) is 60.7 Å². The number of rotatable bonds is 13. The summed E-state index contributed by atoms with van der Waals surface area (Å²) in [6, 6.07) is 13.1. The van der Waals surface area contributed by atoms with Crippen LogP contribution in [0.3, 0.4) is 0 Å². The predicted molar refractivity (Wildman–Crippen MR) is 137 cm³/mol. The number of benzene rings is 2. The van der Waals surface area contributed by atoms with E-state index in [-0.39, 0.29) is 18.7 Å². The molecule has 1 saturated heterocycles. The van der Waals surface area contributed by atoms with Gasteiger partial charge in [0.25, 0.3) is 0 Å². The Balaban J connectivity index is 1.74. The Kier molecular flexibility index (Phi) is 10.4. The van der Waals surface area contributed by atoms with Crippen LogP contribution in [0.25, 0.3) is 0 Å². The number of amides is 3. The van der Waals surface area contributed by atoms with Crippen LogP contribution < -0.4 is 21.3 Å². The van der Waals surface area contributed by atoms with E-state index in [0.29, 0.717) is 18.5 Å². The summed E-state index contributed by atoms with van der Waals surface area (Å²) in [6.07, 6.45) is 0.746. The van der Waals surface area contributed by atoms with Gasteiger partial charge in [0.05, 0.1) is 12.5 Å². The third-order valence-corrected chi connectivity index (χ3v) is 6.20. The zero-order chi connectivity index (χ0) is 27.5. The highest BCUT2D eigenvalue weighted by molar-refractivity contribution is 5.95. The van der Waals surface area contributed by atoms with Crippen molar-refractivity contribution in [1.82, 2.24) is 21.3 Å². The number of carboxylic acids is 2. The van der Waals surface area contributed by atoms with Crippen LogP contribution >= 0.6 is 0 Å². The lowest BCUT2D eigenvalue weighted by Gasteiger charge is -2.25. The average Bonchev–Trinajstić information content (AvgIpc) is 3.44. The summed E-state index contributed by atoms with van der Waals surface area (Å²) in [6.45, 7) is 0.683. The van der Waals surface area contributed by atoms with Gasteiger partial charge in [0, 0.05) is 12.8 Å². The van der Waals surface area contributed by atoms with Gasteiger partial charge in [0.15, 0.2) is 0 Å². The van der Waals surface area contributed by atoms with Gasteiger partial charge in [-0.3, -0.25) is 19.2 Å². The van der Waals surface area contributed by atoms with E-state index in [4.69, 9.17) is 0 Å². The fraction of sp³-hybridized carbons (Fsp3) is 0.370. The van der Waals surface area contributed by atoms with Crippen molar-refractivity contribution in [3.63, 3.8) is 0 Å². The topological polar surface area (TPSA) is 174 Å². The smallest absolute Gasteiger partial charge is 0.326 e. The van der Waals surface area contributed by atoms with E-state index >= 15 is 0 Å². The molecule has 6 N–H and O–H groups in total. The molecule has 4 atom stereocenters. The van der Waals surface area contributed by atoms with Crippen LogP contribution in [0.4, 0.5) is 0 Å². The molecule has 0 radical (unpaired) electrons. The highest BCUT2D eigenvalue weighted by Gasteiger charge is 2.32. The molecule has 0 spiro atoms. The third-order valence-electron chi connectivity index (χ3n) is 6.20. The van der Waals surface area contributed by atoms with Crippen molar-refractivity contribution in [3.8, 4) is 0 Å². The van der Waals surface area contributed by atoms with Crippen LogP contribution in [0, 0.1) is 0 Å². The van der Waals surface area contributed by atoms with Gasteiger partial charge in [-0.15, -0.1) is 0 Å². The monoisotopic (exact) mass is 524 g/mol. The Hall–Kier alpha value is -4.25. The summed E-state index contributed by atoms with van der Waals surface area (Å²) < 4.78 is 0. The van der Waals surface area contributed by atoms with Gasteiger partial charge < -0.3 is 31.5 Å². The van der Waals surface area contributed by atoms with Gasteiger partial charge in [0.1, 0.15) is 18.1 Å². The first-order chi connectivity index (χ1) is 18.2. The molecule has 2 aromatic carbocycles. The van der Waals surface area contributed by atoms with Crippen molar-refractivity contribution in [2.45, 2.75) is 56.3 Å². The summed E-state index contributed by atoms with van der Waals surface area (Å²) >= 11 is 0. The molecule has 0 bridgehead atoms.